The lowest BCUT2D eigenvalue weighted by Gasteiger charge is -2.23. The molecule has 4 nitrogen and oxygen atoms in total. The average Bonchev–Trinajstić information content (AvgIpc) is 2.60. The molecule has 1 fully saturated rings. The molecule has 1 aliphatic rings. The van der Waals surface area contributed by atoms with Crippen LogP contribution in [0.25, 0.3) is 4.85 Å². The van der Waals surface area contributed by atoms with E-state index in [0.717, 1.165) is 19.4 Å². The molecule has 0 spiro atoms. The number of rotatable bonds is 2. The summed E-state index contributed by atoms with van der Waals surface area (Å²) < 4.78 is 0. The summed E-state index contributed by atoms with van der Waals surface area (Å²) in [5.74, 6) is 0.0448. The first-order valence-corrected chi connectivity index (χ1v) is 5.35. The molecule has 0 aromatic rings. The highest BCUT2D eigenvalue weighted by molar-refractivity contribution is 5.79. The molecule has 1 rings (SSSR count). The molecule has 84 valence electrons. The largest absolute Gasteiger partial charge is 0.304 e. The first kappa shape index (κ1) is 12.0. The Labute approximate surface area is 91.5 Å². The van der Waals surface area contributed by atoms with Crippen molar-refractivity contribution in [3.8, 4) is 0 Å². The topological polar surface area (TPSA) is 36.7 Å². The first-order chi connectivity index (χ1) is 6.94. The van der Waals surface area contributed by atoms with Crippen LogP contribution in [0.4, 0.5) is 0 Å². The van der Waals surface area contributed by atoms with Gasteiger partial charge in [-0.25, -0.2) is 6.57 Å². The minimum atomic E-state index is -0.223. The molecular formula is C11H19N3O. The lowest BCUT2D eigenvalue weighted by molar-refractivity contribution is -0.130. The van der Waals surface area contributed by atoms with Crippen LogP contribution in [0.1, 0.15) is 33.6 Å². The molecule has 1 N–H and O–H groups in total. The zero-order valence-electron chi connectivity index (χ0n) is 9.71. The maximum atomic E-state index is 11.8. The van der Waals surface area contributed by atoms with Gasteiger partial charge >= 0.3 is 6.17 Å². The molecule has 0 unspecified atom stereocenters. The van der Waals surface area contributed by atoms with Crippen LogP contribution in [0, 0.1) is 6.57 Å². The minimum Gasteiger partial charge on any atom is -0.304 e. The van der Waals surface area contributed by atoms with E-state index < -0.39 is 0 Å². The SMILES string of the molecule is [C-]#[N+][C@@H]1CCCN1C(=O)CNC(C)(C)C. The van der Waals surface area contributed by atoms with Gasteiger partial charge in [-0.1, -0.05) is 0 Å². The molecule has 1 amide bonds. The fourth-order valence-electron chi connectivity index (χ4n) is 1.62. The van der Waals surface area contributed by atoms with Gasteiger partial charge < -0.3 is 5.32 Å². The summed E-state index contributed by atoms with van der Waals surface area (Å²) in [6.07, 6.45) is 1.55. The molecule has 4 heteroatoms. The number of hydrogen-bond donors (Lipinski definition) is 1. The van der Waals surface area contributed by atoms with Gasteiger partial charge in [0.2, 0.25) is 5.91 Å². The van der Waals surface area contributed by atoms with Crippen molar-refractivity contribution in [3.63, 3.8) is 0 Å². The maximum absolute atomic E-state index is 11.8. The van der Waals surface area contributed by atoms with Crippen molar-refractivity contribution in [2.45, 2.75) is 45.3 Å². The van der Waals surface area contributed by atoms with E-state index in [1.54, 1.807) is 4.90 Å². The third kappa shape index (κ3) is 3.52. The zero-order valence-corrected chi connectivity index (χ0v) is 9.71. The number of nitrogens with one attached hydrogen (secondary N) is 1. The van der Waals surface area contributed by atoms with Crippen molar-refractivity contribution >= 4 is 5.91 Å². The second kappa shape index (κ2) is 4.63. The van der Waals surface area contributed by atoms with Crippen LogP contribution in [-0.2, 0) is 4.79 Å². The molecule has 15 heavy (non-hydrogen) atoms. The minimum absolute atomic E-state index is 0.0448. The van der Waals surface area contributed by atoms with Gasteiger partial charge in [0.15, 0.2) is 0 Å². The van der Waals surface area contributed by atoms with Crippen LogP contribution >= 0.6 is 0 Å². The fraction of sp³-hybridized carbons (Fsp3) is 0.818. The number of nitrogens with zero attached hydrogens (tertiary/aromatic N) is 2. The van der Waals surface area contributed by atoms with E-state index >= 15 is 0 Å². The van der Waals surface area contributed by atoms with E-state index in [-0.39, 0.29) is 17.6 Å². The first-order valence-electron chi connectivity index (χ1n) is 5.35. The van der Waals surface area contributed by atoms with E-state index in [1.165, 1.54) is 0 Å². The summed E-state index contributed by atoms with van der Waals surface area (Å²) in [5, 5.41) is 3.15. The molecule has 0 aromatic heterocycles. The number of likely N-dealkylation sites (tertiary alicyclic amines) is 1. The predicted molar refractivity (Wildman–Crippen MR) is 59.1 cm³/mol. The normalized spacial score (nSPS) is 21.5. The van der Waals surface area contributed by atoms with Gasteiger partial charge in [-0.05, 0) is 27.2 Å². The van der Waals surface area contributed by atoms with E-state index in [2.05, 4.69) is 10.2 Å². The molecule has 1 atom stereocenters. The maximum Gasteiger partial charge on any atom is 0.300 e. The van der Waals surface area contributed by atoms with E-state index in [9.17, 15) is 4.79 Å². The van der Waals surface area contributed by atoms with Crippen molar-refractivity contribution in [1.82, 2.24) is 10.2 Å². The van der Waals surface area contributed by atoms with Crippen molar-refractivity contribution in [2.75, 3.05) is 13.1 Å². The van der Waals surface area contributed by atoms with Gasteiger partial charge in [0.05, 0.1) is 6.54 Å². The van der Waals surface area contributed by atoms with Crippen LogP contribution in [0.5, 0.6) is 0 Å². The third-order valence-electron chi connectivity index (χ3n) is 2.46. The Morgan fingerprint density at radius 1 is 1.60 bits per heavy atom. The smallest absolute Gasteiger partial charge is 0.300 e. The summed E-state index contributed by atoms with van der Waals surface area (Å²) in [6.45, 7) is 14.1. The van der Waals surface area contributed by atoms with Gasteiger partial charge in [0, 0.05) is 18.5 Å². The summed E-state index contributed by atoms with van der Waals surface area (Å²) in [6, 6.07) is 0. The quantitative estimate of drug-likeness (QED) is 0.695. The molecule has 0 aromatic carbocycles. The monoisotopic (exact) mass is 209 g/mol. The van der Waals surface area contributed by atoms with Crippen LogP contribution in [-0.4, -0.2) is 35.6 Å². The second-order valence-corrected chi connectivity index (χ2v) is 4.94. The van der Waals surface area contributed by atoms with Crippen molar-refractivity contribution in [1.29, 1.82) is 0 Å². The van der Waals surface area contributed by atoms with Crippen LogP contribution in [0.2, 0.25) is 0 Å². The molecule has 0 radical (unpaired) electrons. The van der Waals surface area contributed by atoms with Crippen LogP contribution < -0.4 is 5.32 Å². The standard InChI is InChI=1S/C11H19N3O/c1-11(2,3)13-8-10(15)14-7-5-6-9(14)12-4/h9,13H,5-8H2,1-3H3/t9-/m0/s1. The van der Waals surface area contributed by atoms with Crippen molar-refractivity contribution in [3.05, 3.63) is 11.4 Å². The molecule has 0 aliphatic carbocycles. The van der Waals surface area contributed by atoms with Gasteiger partial charge in [0.25, 0.3) is 0 Å². The van der Waals surface area contributed by atoms with Crippen LogP contribution in [0.15, 0.2) is 0 Å². The Morgan fingerprint density at radius 2 is 2.27 bits per heavy atom. The van der Waals surface area contributed by atoms with Gasteiger partial charge in [-0.3, -0.25) is 14.5 Å². The van der Waals surface area contributed by atoms with E-state index in [0.29, 0.717) is 6.54 Å². The molecular weight excluding hydrogens is 190 g/mol. The number of hydrogen-bond acceptors (Lipinski definition) is 2. The van der Waals surface area contributed by atoms with Gasteiger partial charge in [-0.2, -0.15) is 0 Å². The summed E-state index contributed by atoms with van der Waals surface area (Å²) in [7, 11) is 0. The summed E-state index contributed by atoms with van der Waals surface area (Å²) in [5.41, 5.74) is -0.0526. The fourth-order valence-corrected chi connectivity index (χ4v) is 1.62. The number of amides is 1. The Kier molecular flexibility index (Phi) is 3.70. The lowest BCUT2D eigenvalue weighted by atomic mass is 10.1. The van der Waals surface area contributed by atoms with E-state index in [4.69, 9.17) is 6.57 Å². The zero-order chi connectivity index (χ0) is 11.5. The van der Waals surface area contributed by atoms with Crippen LogP contribution in [0.3, 0.4) is 0 Å². The van der Waals surface area contributed by atoms with E-state index in [1.807, 2.05) is 20.8 Å². The number of carbonyl (C=O) groups is 1. The third-order valence-corrected chi connectivity index (χ3v) is 2.46. The molecule has 1 saturated heterocycles. The Bertz CT molecular complexity index is 275. The second-order valence-electron chi connectivity index (χ2n) is 4.94. The summed E-state index contributed by atoms with van der Waals surface area (Å²) >= 11 is 0. The molecule has 1 heterocycles. The lowest BCUT2D eigenvalue weighted by Crippen LogP contribution is -2.45. The Balaban J connectivity index is 2.44. The van der Waals surface area contributed by atoms with Crippen molar-refractivity contribution < 1.29 is 4.79 Å². The predicted octanol–water partition coefficient (Wildman–Crippen LogP) is 1.24. The molecule has 1 aliphatic heterocycles. The van der Waals surface area contributed by atoms with Gasteiger partial charge in [-0.15, -0.1) is 0 Å². The molecule has 0 saturated carbocycles. The van der Waals surface area contributed by atoms with Gasteiger partial charge in [0.1, 0.15) is 0 Å². The summed E-state index contributed by atoms with van der Waals surface area (Å²) in [4.78, 5) is 16.9. The highest BCUT2D eigenvalue weighted by Gasteiger charge is 2.32. The average molecular weight is 209 g/mol. The van der Waals surface area contributed by atoms with Crippen molar-refractivity contribution in [2.24, 2.45) is 0 Å². The molecule has 0 bridgehead atoms. The highest BCUT2D eigenvalue weighted by Crippen LogP contribution is 2.18. The number of carbonyl (C=O) groups excluding carboxylic acids is 1. The Hall–Kier alpha value is -1.08. The highest BCUT2D eigenvalue weighted by atomic mass is 16.2. The Morgan fingerprint density at radius 3 is 2.80 bits per heavy atom.